The van der Waals surface area contributed by atoms with Crippen molar-refractivity contribution in [1.29, 1.82) is 0 Å². The van der Waals surface area contributed by atoms with Crippen molar-refractivity contribution < 1.29 is 19.0 Å². The largest absolute Gasteiger partial charge is 0.494 e. The minimum atomic E-state index is -0.482. The highest BCUT2D eigenvalue weighted by atomic mass is 32.1. The second-order valence-corrected chi connectivity index (χ2v) is 9.62. The van der Waals surface area contributed by atoms with Gasteiger partial charge in [-0.15, -0.1) is 11.3 Å². The number of hydrogen-bond acceptors (Lipinski definition) is 5. The summed E-state index contributed by atoms with van der Waals surface area (Å²) in [6.07, 6.45) is 3.72. The molecule has 1 aromatic carbocycles. The Hall–Kier alpha value is -2.05. The van der Waals surface area contributed by atoms with Crippen LogP contribution >= 0.6 is 11.3 Å². The molecule has 6 heteroatoms. The van der Waals surface area contributed by atoms with E-state index in [1.165, 1.54) is 4.88 Å². The Bertz CT molecular complexity index is 768. The van der Waals surface area contributed by atoms with E-state index in [1.807, 2.05) is 43.9 Å². The van der Waals surface area contributed by atoms with Gasteiger partial charge in [0.05, 0.1) is 25.9 Å². The number of thiophene rings is 1. The number of benzene rings is 1. The zero-order valence-electron chi connectivity index (χ0n) is 18.3. The van der Waals surface area contributed by atoms with Gasteiger partial charge in [0.2, 0.25) is 0 Å². The lowest BCUT2D eigenvalue weighted by molar-refractivity contribution is 0.00951. The van der Waals surface area contributed by atoms with Gasteiger partial charge in [0, 0.05) is 17.8 Å². The number of ether oxygens (including phenoxy) is 3. The average Bonchev–Trinajstić information content (AvgIpc) is 3.23. The maximum atomic E-state index is 12.6. The second-order valence-electron chi connectivity index (χ2n) is 8.59. The third kappa shape index (κ3) is 7.03. The first kappa shape index (κ1) is 22.6. The Morgan fingerprint density at radius 1 is 1.13 bits per heavy atom. The third-order valence-electron chi connectivity index (χ3n) is 4.92. The summed E-state index contributed by atoms with van der Waals surface area (Å²) >= 11 is 1.71. The van der Waals surface area contributed by atoms with Crippen LogP contribution in [0.5, 0.6) is 5.75 Å². The molecule has 0 N–H and O–H groups in total. The van der Waals surface area contributed by atoms with E-state index in [1.54, 1.807) is 11.3 Å². The zero-order chi connectivity index (χ0) is 21.4. The third-order valence-corrected chi connectivity index (χ3v) is 5.77. The SMILES string of the molecule is CC(C)(C)OC(=O)N1CCCCC1c1ccc(OCCCOCc2cccs2)cc1. The molecule has 1 saturated heterocycles. The molecule has 2 heterocycles. The summed E-state index contributed by atoms with van der Waals surface area (Å²) in [5.41, 5.74) is 0.650. The molecule has 0 spiro atoms. The lowest BCUT2D eigenvalue weighted by Gasteiger charge is -2.37. The van der Waals surface area contributed by atoms with Crippen molar-refractivity contribution in [3.05, 3.63) is 52.2 Å². The van der Waals surface area contributed by atoms with Crippen LogP contribution in [0, 0.1) is 0 Å². The Labute approximate surface area is 183 Å². The van der Waals surface area contributed by atoms with Crippen LogP contribution in [0.4, 0.5) is 4.79 Å². The molecule has 1 fully saturated rings. The lowest BCUT2D eigenvalue weighted by Crippen LogP contribution is -2.41. The van der Waals surface area contributed by atoms with Crippen LogP contribution in [0.25, 0.3) is 0 Å². The molecule has 164 valence electrons. The molecule has 1 atom stereocenters. The van der Waals surface area contributed by atoms with Crippen molar-refractivity contribution in [2.24, 2.45) is 0 Å². The first-order chi connectivity index (χ1) is 14.4. The standard InChI is InChI=1S/C24H33NO4S/c1-24(2,3)29-23(26)25-14-5-4-9-22(25)19-10-12-20(13-11-19)28-16-7-15-27-18-21-8-6-17-30-21/h6,8,10-13,17,22H,4-5,7,9,14-16,18H2,1-3H3. The number of amides is 1. The Morgan fingerprint density at radius 2 is 1.93 bits per heavy atom. The van der Waals surface area contributed by atoms with Gasteiger partial charge < -0.3 is 19.1 Å². The smallest absolute Gasteiger partial charge is 0.410 e. The highest BCUT2D eigenvalue weighted by Gasteiger charge is 2.31. The van der Waals surface area contributed by atoms with Crippen molar-refractivity contribution in [3.63, 3.8) is 0 Å². The first-order valence-corrected chi connectivity index (χ1v) is 11.6. The van der Waals surface area contributed by atoms with Crippen LogP contribution in [-0.2, 0) is 16.1 Å². The Balaban J connectivity index is 1.45. The van der Waals surface area contributed by atoms with E-state index in [4.69, 9.17) is 14.2 Å². The number of piperidine rings is 1. The fourth-order valence-corrected chi connectivity index (χ4v) is 4.16. The van der Waals surface area contributed by atoms with Gasteiger partial charge in [0.1, 0.15) is 11.4 Å². The van der Waals surface area contributed by atoms with E-state index in [-0.39, 0.29) is 12.1 Å². The minimum absolute atomic E-state index is 0.0632. The van der Waals surface area contributed by atoms with Crippen molar-refractivity contribution in [3.8, 4) is 5.75 Å². The summed E-state index contributed by atoms with van der Waals surface area (Å²) < 4.78 is 17.1. The summed E-state index contributed by atoms with van der Waals surface area (Å²) in [5.74, 6) is 0.844. The van der Waals surface area contributed by atoms with Crippen molar-refractivity contribution >= 4 is 17.4 Å². The van der Waals surface area contributed by atoms with Gasteiger partial charge in [-0.05, 0) is 69.2 Å². The monoisotopic (exact) mass is 431 g/mol. The maximum Gasteiger partial charge on any atom is 0.410 e. The molecule has 2 aromatic rings. The molecular formula is C24H33NO4S. The highest BCUT2D eigenvalue weighted by Crippen LogP contribution is 2.33. The maximum absolute atomic E-state index is 12.6. The number of nitrogens with zero attached hydrogens (tertiary/aromatic N) is 1. The number of likely N-dealkylation sites (tertiary alicyclic amines) is 1. The molecule has 30 heavy (non-hydrogen) atoms. The van der Waals surface area contributed by atoms with Gasteiger partial charge in [-0.2, -0.15) is 0 Å². The van der Waals surface area contributed by atoms with Crippen molar-refractivity contribution in [2.75, 3.05) is 19.8 Å². The van der Waals surface area contributed by atoms with Gasteiger partial charge >= 0.3 is 6.09 Å². The number of rotatable bonds is 8. The molecule has 1 aromatic heterocycles. The molecule has 0 aliphatic carbocycles. The molecule has 0 saturated carbocycles. The average molecular weight is 432 g/mol. The first-order valence-electron chi connectivity index (χ1n) is 10.7. The van der Waals surface area contributed by atoms with Crippen LogP contribution < -0.4 is 4.74 Å². The van der Waals surface area contributed by atoms with Crippen LogP contribution in [0.1, 0.15) is 62.9 Å². The van der Waals surface area contributed by atoms with Gasteiger partial charge in [0.15, 0.2) is 0 Å². The number of carbonyl (C=O) groups excluding carboxylic acids is 1. The van der Waals surface area contributed by atoms with E-state index in [0.29, 0.717) is 19.8 Å². The fraction of sp³-hybridized carbons (Fsp3) is 0.542. The molecule has 1 unspecified atom stereocenters. The molecule has 1 amide bonds. The fourth-order valence-electron chi connectivity index (χ4n) is 3.52. The summed E-state index contributed by atoms with van der Waals surface area (Å²) in [6.45, 7) is 8.43. The van der Waals surface area contributed by atoms with E-state index in [9.17, 15) is 4.79 Å². The Kier molecular flexibility index (Phi) is 8.16. The van der Waals surface area contributed by atoms with E-state index < -0.39 is 5.60 Å². The van der Waals surface area contributed by atoms with Gasteiger partial charge in [-0.25, -0.2) is 4.79 Å². The van der Waals surface area contributed by atoms with Crippen LogP contribution in [0.3, 0.4) is 0 Å². The Morgan fingerprint density at radius 3 is 2.63 bits per heavy atom. The van der Waals surface area contributed by atoms with Crippen LogP contribution in [-0.4, -0.2) is 36.4 Å². The van der Waals surface area contributed by atoms with E-state index >= 15 is 0 Å². The zero-order valence-corrected chi connectivity index (χ0v) is 19.1. The predicted molar refractivity (Wildman–Crippen MR) is 120 cm³/mol. The summed E-state index contributed by atoms with van der Waals surface area (Å²) in [7, 11) is 0. The van der Waals surface area contributed by atoms with E-state index in [2.05, 4.69) is 23.6 Å². The van der Waals surface area contributed by atoms with Gasteiger partial charge in [0.25, 0.3) is 0 Å². The van der Waals surface area contributed by atoms with Gasteiger partial charge in [-0.3, -0.25) is 0 Å². The molecule has 5 nitrogen and oxygen atoms in total. The molecular weight excluding hydrogens is 398 g/mol. The lowest BCUT2D eigenvalue weighted by atomic mass is 9.95. The van der Waals surface area contributed by atoms with E-state index in [0.717, 1.165) is 43.5 Å². The van der Waals surface area contributed by atoms with Gasteiger partial charge in [-0.1, -0.05) is 18.2 Å². The number of hydrogen-bond donors (Lipinski definition) is 0. The molecule has 3 rings (SSSR count). The summed E-state index contributed by atoms with van der Waals surface area (Å²) in [5, 5.41) is 2.06. The summed E-state index contributed by atoms with van der Waals surface area (Å²) in [4.78, 5) is 15.8. The normalized spacial score (nSPS) is 17.0. The quantitative estimate of drug-likeness (QED) is 0.467. The highest BCUT2D eigenvalue weighted by molar-refractivity contribution is 7.09. The number of carbonyl (C=O) groups is 1. The van der Waals surface area contributed by atoms with Crippen molar-refractivity contribution in [2.45, 2.75) is 64.7 Å². The molecule has 0 radical (unpaired) electrons. The van der Waals surface area contributed by atoms with Crippen LogP contribution in [0.15, 0.2) is 41.8 Å². The predicted octanol–water partition coefficient (Wildman–Crippen LogP) is 6.20. The molecule has 1 aliphatic heterocycles. The molecule has 1 aliphatic rings. The second kappa shape index (κ2) is 10.8. The molecule has 0 bridgehead atoms. The topological polar surface area (TPSA) is 48.0 Å². The van der Waals surface area contributed by atoms with Crippen molar-refractivity contribution in [1.82, 2.24) is 4.90 Å². The van der Waals surface area contributed by atoms with Crippen LogP contribution in [0.2, 0.25) is 0 Å². The summed E-state index contributed by atoms with van der Waals surface area (Å²) in [6, 6.07) is 12.3. The minimum Gasteiger partial charge on any atom is -0.494 e.